The number of amides is 1. The standard InChI is InChI=1S/C12H18N2O3S/c1-7(2)10(12(16)17-3)14-11(15)9(13)8-5-4-6-18-8/h4-7,9-10H,13H2,1-3H3,(H,14,15). The molecule has 1 rings (SSSR count). The molecule has 1 amide bonds. The number of carbonyl (C=O) groups is 2. The van der Waals surface area contributed by atoms with Crippen LogP contribution in [0.3, 0.4) is 0 Å². The summed E-state index contributed by atoms with van der Waals surface area (Å²) in [7, 11) is 1.29. The molecule has 6 heteroatoms. The van der Waals surface area contributed by atoms with Crippen LogP contribution in [0.15, 0.2) is 17.5 Å². The second kappa shape index (κ2) is 6.51. The van der Waals surface area contributed by atoms with Crippen molar-refractivity contribution in [1.29, 1.82) is 0 Å². The van der Waals surface area contributed by atoms with Crippen LogP contribution < -0.4 is 11.1 Å². The Morgan fingerprint density at radius 1 is 1.44 bits per heavy atom. The highest BCUT2D eigenvalue weighted by Crippen LogP contribution is 2.17. The molecule has 5 nitrogen and oxygen atoms in total. The van der Waals surface area contributed by atoms with Crippen LogP contribution in [0.1, 0.15) is 24.8 Å². The van der Waals surface area contributed by atoms with Crippen molar-refractivity contribution in [2.45, 2.75) is 25.9 Å². The molecule has 0 aromatic carbocycles. The molecule has 0 spiro atoms. The summed E-state index contributed by atoms with van der Waals surface area (Å²) in [5.41, 5.74) is 5.82. The molecular formula is C12H18N2O3S. The quantitative estimate of drug-likeness (QED) is 0.784. The Labute approximate surface area is 110 Å². The van der Waals surface area contributed by atoms with E-state index in [9.17, 15) is 9.59 Å². The molecule has 0 bridgehead atoms. The zero-order valence-electron chi connectivity index (χ0n) is 10.7. The number of methoxy groups -OCH3 is 1. The molecule has 18 heavy (non-hydrogen) atoms. The van der Waals surface area contributed by atoms with Crippen LogP contribution in [0.5, 0.6) is 0 Å². The summed E-state index contributed by atoms with van der Waals surface area (Å²) < 4.78 is 4.65. The van der Waals surface area contributed by atoms with Gasteiger partial charge < -0.3 is 15.8 Å². The fraction of sp³-hybridized carbons (Fsp3) is 0.500. The molecule has 0 radical (unpaired) electrons. The van der Waals surface area contributed by atoms with Crippen molar-refractivity contribution in [3.05, 3.63) is 22.4 Å². The largest absolute Gasteiger partial charge is 0.467 e. The topological polar surface area (TPSA) is 81.4 Å². The van der Waals surface area contributed by atoms with Gasteiger partial charge in [-0.2, -0.15) is 0 Å². The molecule has 0 aliphatic heterocycles. The van der Waals surface area contributed by atoms with Gasteiger partial charge in [-0.05, 0) is 17.4 Å². The van der Waals surface area contributed by atoms with E-state index in [1.165, 1.54) is 18.4 Å². The number of nitrogens with one attached hydrogen (secondary N) is 1. The van der Waals surface area contributed by atoms with E-state index in [-0.39, 0.29) is 11.8 Å². The molecule has 2 atom stereocenters. The van der Waals surface area contributed by atoms with Crippen molar-refractivity contribution in [3.8, 4) is 0 Å². The van der Waals surface area contributed by atoms with Gasteiger partial charge in [-0.15, -0.1) is 11.3 Å². The Morgan fingerprint density at radius 2 is 2.11 bits per heavy atom. The SMILES string of the molecule is COC(=O)C(NC(=O)C(N)c1cccs1)C(C)C. The van der Waals surface area contributed by atoms with Gasteiger partial charge in [-0.1, -0.05) is 19.9 Å². The van der Waals surface area contributed by atoms with Crippen molar-refractivity contribution < 1.29 is 14.3 Å². The highest BCUT2D eigenvalue weighted by molar-refractivity contribution is 7.10. The maximum absolute atomic E-state index is 11.9. The van der Waals surface area contributed by atoms with Gasteiger partial charge in [0.25, 0.3) is 0 Å². The maximum atomic E-state index is 11.9. The van der Waals surface area contributed by atoms with Crippen molar-refractivity contribution in [1.82, 2.24) is 5.32 Å². The monoisotopic (exact) mass is 270 g/mol. The van der Waals surface area contributed by atoms with Crippen molar-refractivity contribution in [3.63, 3.8) is 0 Å². The number of esters is 1. The first-order valence-electron chi connectivity index (χ1n) is 5.64. The maximum Gasteiger partial charge on any atom is 0.328 e. The fourth-order valence-corrected chi connectivity index (χ4v) is 2.19. The highest BCUT2D eigenvalue weighted by Gasteiger charge is 2.27. The first-order valence-corrected chi connectivity index (χ1v) is 6.52. The molecule has 1 heterocycles. The van der Waals surface area contributed by atoms with E-state index >= 15 is 0 Å². The van der Waals surface area contributed by atoms with Gasteiger partial charge in [0.15, 0.2) is 0 Å². The van der Waals surface area contributed by atoms with E-state index in [2.05, 4.69) is 10.1 Å². The predicted octanol–water partition coefficient (Wildman–Crippen LogP) is 1.06. The summed E-state index contributed by atoms with van der Waals surface area (Å²) in [4.78, 5) is 24.2. The Kier molecular flexibility index (Phi) is 5.30. The molecule has 0 aliphatic rings. The molecular weight excluding hydrogens is 252 g/mol. The first-order chi connectivity index (χ1) is 8.47. The van der Waals surface area contributed by atoms with Gasteiger partial charge in [-0.25, -0.2) is 4.79 Å². The fourth-order valence-electron chi connectivity index (χ4n) is 1.47. The highest BCUT2D eigenvalue weighted by atomic mass is 32.1. The van der Waals surface area contributed by atoms with Gasteiger partial charge in [0.05, 0.1) is 7.11 Å². The van der Waals surface area contributed by atoms with Gasteiger partial charge >= 0.3 is 5.97 Å². The van der Waals surface area contributed by atoms with Gasteiger partial charge in [0.1, 0.15) is 12.1 Å². The summed E-state index contributed by atoms with van der Waals surface area (Å²) >= 11 is 1.41. The molecule has 0 aliphatic carbocycles. The minimum atomic E-state index is -0.754. The van der Waals surface area contributed by atoms with Crippen LogP contribution in [0.2, 0.25) is 0 Å². The smallest absolute Gasteiger partial charge is 0.328 e. The molecule has 0 saturated carbocycles. The van der Waals surface area contributed by atoms with Crippen molar-refractivity contribution in [2.24, 2.45) is 11.7 Å². The van der Waals surface area contributed by atoms with Crippen LogP contribution >= 0.6 is 11.3 Å². The molecule has 100 valence electrons. The number of rotatable bonds is 5. The van der Waals surface area contributed by atoms with E-state index in [0.717, 1.165) is 4.88 Å². The van der Waals surface area contributed by atoms with Crippen molar-refractivity contribution >= 4 is 23.2 Å². The molecule has 1 aromatic heterocycles. The van der Waals surface area contributed by atoms with Crippen LogP contribution in [0, 0.1) is 5.92 Å². The van der Waals surface area contributed by atoms with Crippen LogP contribution in [-0.2, 0) is 14.3 Å². The van der Waals surface area contributed by atoms with Crippen LogP contribution in [0.25, 0.3) is 0 Å². The minimum absolute atomic E-state index is 0.0584. The summed E-state index contributed by atoms with van der Waals surface area (Å²) in [5, 5.41) is 4.47. The summed E-state index contributed by atoms with van der Waals surface area (Å²) in [5.74, 6) is -0.893. The second-order valence-corrected chi connectivity index (χ2v) is 5.23. The third kappa shape index (κ3) is 3.54. The Morgan fingerprint density at radius 3 is 2.56 bits per heavy atom. The molecule has 3 N–H and O–H groups in total. The van der Waals surface area contributed by atoms with Crippen LogP contribution in [0.4, 0.5) is 0 Å². The number of ether oxygens (including phenoxy) is 1. The number of nitrogens with two attached hydrogens (primary N) is 1. The van der Waals surface area contributed by atoms with E-state index < -0.39 is 18.1 Å². The summed E-state index contributed by atoms with van der Waals surface area (Å²) in [6.07, 6.45) is 0. The lowest BCUT2D eigenvalue weighted by atomic mass is 10.0. The average Bonchev–Trinajstić information content (AvgIpc) is 2.87. The third-order valence-electron chi connectivity index (χ3n) is 2.55. The zero-order chi connectivity index (χ0) is 13.7. The molecule has 1 aromatic rings. The normalized spacial score (nSPS) is 14.1. The van der Waals surface area contributed by atoms with Crippen molar-refractivity contribution in [2.75, 3.05) is 7.11 Å². The second-order valence-electron chi connectivity index (χ2n) is 4.25. The van der Waals surface area contributed by atoms with E-state index in [4.69, 9.17) is 5.73 Å². The Bertz CT molecular complexity index is 403. The number of hydrogen-bond acceptors (Lipinski definition) is 5. The number of thiophene rings is 1. The lowest BCUT2D eigenvalue weighted by Gasteiger charge is -2.21. The molecule has 2 unspecified atom stereocenters. The summed E-state index contributed by atoms with van der Waals surface area (Å²) in [6, 6.07) is 2.19. The van der Waals surface area contributed by atoms with E-state index in [1.807, 2.05) is 25.3 Å². The Hall–Kier alpha value is -1.40. The Balaban J connectivity index is 2.70. The number of hydrogen-bond donors (Lipinski definition) is 2. The van der Waals surface area contributed by atoms with Crippen LogP contribution in [-0.4, -0.2) is 25.0 Å². The lowest BCUT2D eigenvalue weighted by Crippen LogP contribution is -2.48. The predicted molar refractivity (Wildman–Crippen MR) is 70.0 cm³/mol. The average molecular weight is 270 g/mol. The number of carbonyl (C=O) groups excluding carboxylic acids is 2. The van der Waals surface area contributed by atoms with Gasteiger partial charge in [0, 0.05) is 4.88 Å². The third-order valence-corrected chi connectivity index (χ3v) is 3.51. The molecule has 0 saturated heterocycles. The molecule has 0 fully saturated rings. The van der Waals surface area contributed by atoms with Gasteiger partial charge in [0.2, 0.25) is 5.91 Å². The summed E-state index contributed by atoms with van der Waals surface area (Å²) in [6.45, 7) is 3.66. The minimum Gasteiger partial charge on any atom is -0.467 e. The lowest BCUT2D eigenvalue weighted by molar-refractivity contribution is -0.146. The van der Waals surface area contributed by atoms with E-state index in [1.54, 1.807) is 6.07 Å². The first kappa shape index (κ1) is 14.7. The zero-order valence-corrected chi connectivity index (χ0v) is 11.5. The van der Waals surface area contributed by atoms with E-state index in [0.29, 0.717) is 0 Å². The van der Waals surface area contributed by atoms with Gasteiger partial charge in [-0.3, -0.25) is 4.79 Å².